The third-order valence-electron chi connectivity index (χ3n) is 6.30. The van der Waals surface area contributed by atoms with E-state index in [1.807, 2.05) is 0 Å². The fourth-order valence-electron chi connectivity index (χ4n) is 4.69. The van der Waals surface area contributed by atoms with E-state index in [2.05, 4.69) is 25.8 Å². The predicted octanol–water partition coefficient (Wildman–Crippen LogP) is 4.01. The van der Waals surface area contributed by atoms with Crippen LogP contribution in [0, 0.1) is 6.92 Å². The van der Waals surface area contributed by atoms with Gasteiger partial charge in [-0.3, -0.25) is 14.4 Å². The molecule has 1 fully saturated rings. The summed E-state index contributed by atoms with van der Waals surface area (Å²) in [4.78, 5) is 41.7. The molecule has 1 saturated heterocycles. The number of likely N-dealkylation sites (tertiary alicyclic amines) is 1. The lowest BCUT2D eigenvalue weighted by Gasteiger charge is -2.26. The van der Waals surface area contributed by atoms with Crippen molar-refractivity contribution in [3.8, 4) is 0 Å². The molecule has 3 amide bonds. The summed E-state index contributed by atoms with van der Waals surface area (Å²) in [6.07, 6.45) is -0.435. The lowest BCUT2D eigenvalue weighted by atomic mass is 10.0. The molecule has 2 aromatic rings. The Bertz CT molecular complexity index is 1230. The molecule has 0 unspecified atom stereocenters. The maximum atomic E-state index is 14.2. The summed E-state index contributed by atoms with van der Waals surface area (Å²) in [7, 11) is 0. The highest BCUT2D eigenvalue weighted by molar-refractivity contribution is 6.35. The van der Waals surface area contributed by atoms with E-state index in [9.17, 15) is 27.6 Å². The number of aryl methyl sites for hydroxylation is 1. The first-order valence-corrected chi connectivity index (χ1v) is 11.8. The van der Waals surface area contributed by atoms with Gasteiger partial charge in [0.15, 0.2) is 0 Å². The van der Waals surface area contributed by atoms with E-state index in [0.29, 0.717) is 23.5 Å². The number of halogens is 3. The zero-order chi connectivity index (χ0) is 26.0. The average Bonchev–Trinajstić information content (AvgIpc) is 3.30. The molecular formula is C25H28F3N5O3. The number of aromatic amines is 1. The molecule has 0 radical (unpaired) electrons. The zero-order valence-corrected chi connectivity index (χ0v) is 20.1. The van der Waals surface area contributed by atoms with Crippen LogP contribution in [0.25, 0.3) is 11.6 Å². The van der Waals surface area contributed by atoms with E-state index < -0.39 is 29.1 Å². The summed E-state index contributed by atoms with van der Waals surface area (Å²) in [5.41, 5.74) is -0.801. The maximum Gasteiger partial charge on any atom is 0.419 e. The van der Waals surface area contributed by atoms with E-state index >= 15 is 0 Å². The smallest absolute Gasteiger partial charge is 0.358 e. The Morgan fingerprint density at radius 1 is 1.17 bits per heavy atom. The van der Waals surface area contributed by atoms with Gasteiger partial charge in [0.25, 0.3) is 11.8 Å². The molecular weight excluding hydrogens is 475 g/mol. The third kappa shape index (κ3) is 5.46. The van der Waals surface area contributed by atoms with Gasteiger partial charge < -0.3 is 25.8 Å². The maximum absolute atomic E-state index is 14.2. The van der Waals surface area contributed by atoms with Crippen LogP contribution in [-0.2, 0) is 15.8 Å². The number of hydrogen-bond donors (Lipinski definition) is 4. The number of anilines is 2. The topological polar surface area (TPSA) is 106 Å². The Hall–Kier alpha value is -3.60. The molecule has 0 spiro atoms. The van der Waals surface area contributed by atoms with Crippen LogP contribution >= 0.6 is 0 Å². The molecule has 3 heterocycles. The van der Waals surface area contributed by atoms with Crippen LogP contribution in [0.4, 0.5) is 24.5 Å². The van der Waals surface area contributed by atoms with Gasteiger partial charge in [-0.15, -0.1) is 0 Å². The minimum Gasteiger partial charge on any atom is -0.358 e. The van der Waals surface area contributed by atoms with E-state index in [4.69, 9.17) is 0 Å². The first-order chi connectivity index (χ1) is 17.0. The third-order valence-corrected chi connectivity index (χ3v) is 6.30. The standard InChI is InChI=1S/C25H28F3N5O3/c1-14-21(24(36)29-8-11-33-9-4-3-5-10-33)22(25(26,27)28)20(30-14)13-18-17-12-16(31-15(2)34)6-7-19(17)32-23(18)35/h6-7,12-13,30H,3-5,8-11H2,1-2H3,(H,29,36)(H,31,34)(H,32,35)/b18-13-. The molecule has 36 heavy (non-hydrogen) atoms. The molecule has 1 aromatic carbocycles. The van der Waals surface area contributed by atoms with E-state index in [-0.39, 0.29) is 29.4 Å². The van der Waals surface area contributed by atoms with Crippen LogP contribution in [-0.4, -0.2) is 53.8 Å². The molecule has 8 nitrogen and oxygen atoms in total. The highest BCUT2D eigenvalue weighted by atomic mass is 19.4. The minimum absolute atomic E-state index is 0.0130. The summed E-state index contributed by atoms with van der Waals surface area (Å²) >= 11 is 0. The molecule has 0 aliphatic carbocycles. The predicted molar refractivity (Wildman–Crippen MR) is 130 cm³/mol. The fraction of sp³-hybridized carbons (Fsp3) is 0.400. The van der Waals surface area contributed by atoms with Crippen molar-refractivity contribution in [3.63, 3.8) is 0 Å². The van der Waals surface area contributed by atoms with E-state index in [1.165, 1.54) is 19.9 Å². The SMILES string of the molecule is CC(=O)Nc1ccc2c(c1)/C(=C/c1[nH]c(C)c(C(=O)NCCN3CCCCC3)c1C(F)(F)F)C(=O)N2. The number of benzene rings is 1. The van der Waals surface area contributed by atoms with Crippen molar-refractivity contribution in [1.29, 1.82) is 0 Å². The zero-order valence-electron chi connectivity index (χ0n) is 20.1. The quantitative estimate of drug-likeness (QED) is 0.447. The summed E-state index contributed by atoms with van der Waals surface area (Å²) in [6.45, 7) is 5.35. The number of carbonyl (C=O) groups excluding carboxylic acids is 3. The van der Waals surface area contributed by atoms with Crippen LogP contribution in [0.3, 0.4) is 0 Å². The minimum atomic E-state index is -4.84. The van der Waals surface area contributed by atoms with Crippen LogP contribution in [0.5, 0.6) is 0 Å². The van der Waals surface area contributed by atoms with Gasteiger partial charge in [0.1, 0.15) is 0 Å². The van der Waals surface area contributed by atoms with Gasteiger partial charge in [-0.1, -0.05) is 6.42 Å². The first kappa shape index (κ1) is 25.5. The number of nitrogens with zero attached hydrogens (tertiary/aromatic N) is 1. The normalized spacial score (nSPS) is 17.1. The van der Waals surface area contributed by atoms with Crippen molar-refractivity contribution in [2.45, 2.75) is 39.3 Å². The molecule has 2 aliphatic heterocycles. The van der Waals surface area contributed by atoms with Crippen LogP contribution in [0.2, 0.25) is 0 Å². The number of carbonyl (C=O) groups is 3. The fourth-order valence-corrected chi connectivity index (χ4v) is 4.69. The number of amides is 3. The summed E-state index contributed by atoms with van der Waals surface area (Å²) in [6, 6.07) is 4.65. The molecule has 11 heteroatoms. The van der Waals surface area contributed by atoms with Crippen molar-refractivity contribution in [2.24, 2.45) is 0 Å². The Kier molecular flexibility index (Phi) is 7.21. The van der Waals surface area contributed by atoms with Gasteiger partial charge in [0, 0.05) is 42.6 Å². The van der Waals surface area contributed by atoms with Crippen LogP contribution < -0.4 is 16.0 Å². The molecule has 0 bridgehead atoms. The largest absolute Gasteiger partial charge is 0.419 e. The number of H-pyrrole nitrogens is 1. The summed E-state index contributed by atoms with van der Waals surface area (Å²) in [5, 5.41) is 7.82. The number of aromatic nitrogens is 1. The Balaban J connectivity index is 1.65. The molecule has 0 atom stereocenters. The molecule has 4 rings (SSSR count). The molecule has 1 aromatic heterocycles. The van der Waals surface area contributed by atoms with Gasteiger partial charge in [-0.05, 0) is 57.1 Å². The Morgan fingerprint density at radius 2 is 1.89 bits per heavy atom. The Morgan fingerprint density at radius 3 is 2.56 bits per heavy atom. The summed E-state index contributed by atoms with van der Waals surface area (Å²) in [5.74, 6) is -1.73. The average molecular weight is 504 g/mol. The van der Waals surface area contributed by atoms with Gasteiger partial charge in [0.05, 0.1) is 22.4 Å². The van der Waals surface area contributed by atoms with Gasteiger partial charge >= 0.3 is 6.18 Å². The number of rotatable bonds is 6. The van der Waals surface area contributed by atoms with E-state index in [0.717, 1.165) is 38.4 Å². The number of fused-ring (bicyclic) bond motifs is 1. The number of piperidine rings is 1. The molecule has 2 aliphatic rings. The van der Waals surface area contributed by atoms with Crippen LogP contribution in [0.15, 0.2) is 18.2 Å². The van der Waals surface area contributed by atoms with Crippen molar-refractivity contribution >= 4 is 40.7 Å². The monoisotopic (exact) mass is 503 g/mol. The highest BCUT2D eigenvalue weighted by Crippen LogP contribution is 2.40. The number of nitrogens with one attached hydrogen (secondary N) is 4. The first-order valence-electron chi connectivity index (χ1n) is 11.8. The van der Waals surface area contributed by atoms with Gasteiger partial charge in [-0.25, -0.2) is 0 Å². The molecule has 192 valence electrons. The second-order valence-electron chi connectivity index (χ2n) is 9.02. The second-order valence-corrected chi connectivity index (χ2v) is 9.02. The van der Waals surface area contributed by atoms with Crippen molar-refractivity contribution in [3.05, 3.63) is 46.3 Å². The van der Waals surface area contributed by atoms with Gasteiger partial charge in [-0.2, -0.15) is 13.2 Å². The van der Waals surface area contributed by atoms with Crippen LogP contribution in [0.1, 0.15) is 59.1 Å². The Labute approximate surface area is 206 Å². The molecule has 4 N–H and O–H groups in total. The lowest BCUT2D eigenvalue weighted by molar-refractivity contribution is -0.138. The number of alkyl halides is 3. The van der Waals surface area contributed by atoms with Crippen molar-refractivity contribution in [2.75, 3.05) is 36.8 Å². The second kappa shape index (κ2) is 10.2. The van der Waals surface area contributed by atoms with Gasteiger partial charge in [0.2, 0.25) is 5.91 Å². The lowest BCUT2D eigenvalue weighted by Crippen LogP contribution is -2.38. The number of hydrogen-bond acceptors (Lipinski definition) is 4. The highest BCUT2D eigenvalue weighted by Gasteiger charge is 2.41. The van der Waals surface area contributed by atoms with E-state index in [1.54, 1.807) is 12.1 Å². The molecule has 0 saturated carbocycles. The summed E-state index contributed by atoms with van der Waals surface area (Å²) < 4.78 is 42.6. The van der Waals surface area contributed by atoms with Crippen molar-refractivity contribution < 1.29 is 27.6 Å². The van der Waals surface area contributed by atoms with Crippen molar-refractivity contribution in [1.82, 2.24) is 15.2 Å².